The highest BCUT2D eigenvalue weighted by atomic mass is 32.2. The maximum atomic E-state index is 11.7. The lowest BCUT2D eigenvalue weighted by Crippen LogP contribution is -2.39. The van der Waals surface area contributed by atoms with Crippen LogP contribution in [0, 0.1) is 0 Å². The van der Waals surface area contributed by atoms with Gasteiger partial charge < -0.3 is 14.6 Å². The molecule has 0 spiro atoms. The number of aliphatic hydroxyl groups is 1. The van der Waals surface area contributed by atoms with E-state index in [9.17, 15) is 8.42 Å². The summed E-state index contributed by atoms with van der Waals surface area (Å²) in [5.41, 5.74) is 0. The van der Waals surface area contributed by atoms with Gasteiger partial charge in [0.2, 0.25) is 10.0 Å². The number of hydrogen-bond donors (Lipinski definition) is 2. The molecule has 0 atom stereocenters. The Hall–Kier alpha value is -0.210. The van der Waals surface area contributed by atoms with Gasteiger partial charge in [0, 0.05) is 19.8 Å². The van der Waals surface area contributed by atoms with Crippen LogP contribution < -0.4 is 4.72 Å². The Kier molecular flexibility index (Phi) is 6.22. The van der Waals surface area contributed by atoms with Gasteiger partial charge in [-0.05, 0) is 12.8 Å². The Balaban J connectivity index is 2.22. The average molecular weight is 253 g/mol. The predicted octanol–water partition coefficient (Wildman–Crippen LogP) is -0.906. The van der Waals surface area contributed by atoms with Crippen molar-refractivity contribution >= 4 is 10.0 Å². The van der Waals surface area contributed by atoms with E-state index in [0.717, 1.165) is 0 Å². The molecule has 0 amide bonds. The van der Waals surface area contributed by atoms with Crippen molar-refractivity contribution in [3.63, 3.8) is 0 Å². The van der Waals surface area contributed by atoms with Crippen LogP contribution in [-0.4, -0.2) is 58.4 Å². The lowest BCUT2D eigenvalue weighted by atomic mass is 10.2. The molecule has 0 radical (unpaired) electrons. The Morgan fingerprint density at radius 2 is 2.00 bits per heavy atom. The quantitative estimate of drug-likeness (QED) is 0.574. The van der Waals surface area contributed by atoms with Crippen LogP contribution in [0.2, 0.25) is 0 Å². The fourth-order valence-corrected chi connectivity index (χ4v) is 2.94. The van der Waals surface area contributed by atoms with Gasteiger partial charge in [0.25, 0.3) is 0 Å². The summed E-state index contributed by atoms with van der Waals surface area (Å²) in [5, 5.41) is 8.10. The topological polar surface area (TPSA) is 84.9 Å². The highest BCUT2D eigenvalue weighted by Crippen LogP contribution is 2.14. The summed E-state index contributed by atoms with van der Waals surface area (Å²) in [5.74, 6) is 0. The van der Waals surface area contributed by atoms with E-state index < -0.39 is 10.0 Å². The second-order valence-corrected chi connectivity index (χ2v) is 5.63. The van der Waals surface area contributed by atoms with Crippen molar-refractivity contribution in [2.75, 3.05) is 39.6 Å². The first-order valence-electron chi connectivity index (χ1n) is 5.41. The lowest BCUT2D eigenvalue weighted by Gasteiger charge is -2.22. The molecule has 1 aliphatic rings. The molecule has 0 aromatic rings. The van der Waals surface area contributed by atoms with Gasteiger partial charge in [-0.25, -0.2) is 13.1 Å². The smallest absolute Gasteiger partial charge is 0.214 e. The summed E-state index contributed by atoms with van der Waals surface area (Å²) >= 11 is 0. The molecule has 0 aliphatic carbocycles. The van der Waals surface area contributed by atoms with Crippen LogP contribution in [0.25, 0.3) is 0 Å². The van der Waals surface area contributed by atoms with Crippen molar-refractivity contribution in [1.82, 2.24) is 4.72 Å². The van der Waals surface area contributed by atoms with Crippen molar-refractivity contribution in [1.29, 1.82) is 0 Å². The zero-order valence-corrected chi connectivity index (χ0v) is 10.0. The molecule has 2 N–H and O–H groups in total. The van der Waals surface area contributed by atoms with Gasteiger partial charge in [0.05, 0.1) is 25.1 Å². The Bertz CT molecular complexity index is 274. The van der Waals surface area contributed by atoms with Gasteiger partial charge in [-0.15, -0.1) is 0 Å². The molecule has 0 aromatic heterocycles. The maximum absolute atomic E-state index is 11.7. The van der Waals surface area contributed by atoms with Gasteiger partial charge in [0.1, 0.15) is 0 Å². The molecule has 0 unspecified atom stereocenters. The molecule has 1 fully saturated rings. The third kappa shape index (κ3) is 4.75. The lowest BCUT2D eigenvalue weighted by molar-refractivity contribution is 0.0943. The molecule has 7 heteroatoms. The van der Waals surface area contributed by atoms with Crippen LogP contribution in [0.15, 0.2) is 0 Å². The number of sulfonamides is 1. The third-order valence-electron chi connectivity index (χ3n) is 2.39. The summed E-state index contributed by atoms with van der Waals surface area (Å²) in [6.07, 6.45) is 1.10. The number of ether oxygens (including phenoxy) is 2. The molecule has 0 aromatic carbocycles. The number of nitrogens with one attached hydrogen (secondary N) is 1. The van der Waals surface area contributed by atoms with Crippen molar-refractivity contribution in [3.8, 4) is 0 Å². The van der Waals surface area contributed by atoms with E-state index in [-0.39, 0.29) is 31.6 Å². The zero-order valence-electron chi connectivity index (χ0n) is 9.22. The number of hydrogen-bond acceptors (Lipinski definition) is 5. The predicted molar refractivity (Wildman–Crippen MR) is 58.7 cm³/mol. The molecule has 1 heterocycles. The minimum absolute atomic E-state index is 0.0489. The first-order chi connectivity index (χ1) is 7.67. The molecule has 1 saturated heterocycles. The summed E-state index contributed by atoms with van der Waals surface area (Å²) in [6.45, 7) is 1.73. The summed E-state index contributed by atoms with van der Waals surface area (Å²) in [4.78, 5) is 0. The van der Waals surface area contributed by atoms with Crippen LogP contribution in [0.3, 0.4) is 0 Å². The number of aliphatic hydroxyl groups excluding tert-OH is 1. The van der Waals surface area contributed by atoms with Crippen LogP contribution in [0.5, 0.6) is 0 Å². The first-order valence-corrected chi connectivity index (χ1v) is 6.96. The van der Waals surface area contributed by atoms with E-state index in [0.29, 0.717) is 26.1 Å². The van der Waals surface area contributed by atoms with Gasteiger partial charge in [0.15, 0.2) is 0 Å². The van der Waals surface area contributed by atoms with Crippen molar-refractivity contribution in [3.05, 3.63) is 0 Å². The Labute approximate surface area is 96.0 Å². The molecular formula is C9H19NO5S. The van der Waals surface area contributed by atoms with Gasteiger partial charge in [-0.3, -0.25) is 0 Å². The van der Waals surface area contributed by atoms with Crippen molar-refractivity contribution < 1.29 is 23.0 Å². The summed E-state index contributed by atoms with van der Waals surface area (Å²) < 4.78 is 36.1. The minimum Gasteiger partial charge on any atom is -0.394 e. The largest absolute Gasteiger partial charge is 0.394 e. The zero-order chi connectivity index (χ0) is 11.9. The summed E-state index contributed by atoms with van der Waals surface area (Å²) in [6, 6.07) is 0. The van der Waals surface area contributed by atoms with Gasteiger partial charge in [-0.1, -0.05) is 0 Å². The highest BCUT2D eigenvalue weighted by Gasteiger charge is 2.26. The Morgan fingerprint density at radius 3 is 2.62 bits per heavy atom. The average Bonchev–Trinajstić information content (AvgIpc) is 2.30. The minimum atomic E-state index is -3.24. The monoisotopic (exact) mass is 253 g/mol. The SMILES string of the molecule is O=S(=O)(NCCOCCO)C1CCOCC1. The standard InChI is InChI=1S/C9H19NO5S/c11-4-8-15-7-3-10-16(12,13)9-1-5-14-6-2-9/h9-11H,1-8H2. The fraction of sp³-hybridized carbons (Fsp3) is 1.00. The van der Waals surface area contributed by atoms with E-state index in [2.05, 4.69) is 4.72 Å². The second-order valence-electron chi connectivity index (χ2n) is 3.59. The summed E-state index contributed by atoms with van der Waals surface area (Å²) in [7, 11) is -3.24. The third-order valence-corrected chi connectivity index (χ3v) is 4.35. The Morgan fingerprint density at radius 1 is 1.31 bits per heavy atom. The maximum Gasteiger partial charge on any atom is 0.214 e. The molecule has 16 heavy (non-hydrogen) atoms. The molecular weight excluding hydrogens is 234 g/mol. The van der Waals surface area contributed by atoms with E-state index in [1.54, 1.807) is 0 Å². The molecule has 1 aliphatic heterocycles. The highest BCUT2D eigenvalue weighted by molar-refractivity contribution is 7.90. The van der Waals surface area contributed by atoms with E-state index in [1.165, 1.54) is 0 Å². The molecule has 6 nitrogen and oxygen atoms in total. The first kappa shape index (κ1) is 13.9. The van der Waals surface area contributed by atoms with E-state index in [1.807, 2.05) is 0 Å². The van der Waals surface area contributed by atoms with E-state index in [4.69, 9.17) is 14.6 Å². The number of rotatable bonds is 7. The van der Waals surface area contributed by atoms with Crippen LogP contribution in [0.4, 0.5) is 0 Å². The van der Waals surface area contributed by atoms with Crippen LogP contribution in [-0.2, 0) is 19.5 Å². The fourth-order valence-electron chi connectivity index (χ4n) is 1.53. The van der Waals surface area contributed by atoms with Gasteiger partial charge in [-0.2, -0.15) is 0 Å². The molecule has 0 saturated carbocycles. The van der Waals surface area contributed by atoms with Crippen molar-refractivity contribution in [2.45, 2.75) is 18.1 Å². The van der Waals surface area contributed by atoms with Crippen molar-refractivity contribution in [2.24, 2.45) is 0 Å². The van der Waals surface area contributed by atoms with E-state index >= 15 is 0 Å². The van der Waals surface area contributed by atoms with Crippen LogP contribution >= 0.6 is 0 Å². The molecule has 0 bridgehead atoms. The van der Waals surface area contributed by atoms with Crippen LogP contribution in [0.1, 0.15) is 12.8 Å². The normalized spacial score (nSPS) is 18.8. The van der Waals surface area contributed by atoms with Gasteiger partial charge >= 0.3 is 0 Å². The second kappa shape index (κ2) is 7.18. The molecule has 96 valence electrons. The molecule has 1 rings (SSSR count).